The predicted molar refractivity (Wildman–Crippen MR) is 139 cm³/mol. The smallest absolute Gasteiger partial charge is 0.350 e. The molecule has 10 heteroatoms. The van der Waals surface area contributed by atoms with Crippen molar-refractivity contribution in [3.05, 3.63) is 87.3 Å². The number of imidazole rings is 1. The molecule has 37 heavy (non-hydrogen) atoms. The number of nitrogens with zero attached hydrogens (tertiary/aromatic N) is 4. The topological polar surface area (TPSA) is 114 Å². The van der Waals surface area contributed by atoms with Crippen molar-refractivity contribution in [3.63, 3.8) is 0 Å². The predicted octanol–water partition coefficient (Wildman–Crippen LogP) is 4.52. The third-order valence-electron chi connectivity index (χ3n) is 6.22. The third-order valence-corrected chi connectivity index (χ3v) is 7.36. The van der Waals surface area contributed by atoms with Crippen molar-refractivity contribution in [1.82, 2.24) is 14.4 Å². The number of anilines is 1. The molecule has 3 aromatic heterocycles. The second kappa shape index (κ2) is 9.29. The van der Waals surface area contributed by atoms with Gasteiger partial charge >= 0.3 is 11.9 Å². The number of ketones is 1. The zero-order valence-electron chi connectivity index (χ0n) is 20.7. The summed E-state index contributed by atoms with van der Waals surface area (Å²) in [6.07, 6.45) is 1.73. The zero-order chi connectivity index (χ0) is 26.4. The van der Waals surface area contributed by atoms with E-state index in [-0.39, 0.29) is 27.9 Å². The first kappa shape index (κ1) is 24.4. The lowest BCUT2D eigenvalue weighted by molar-refractivity contribution is -0.132. The number of esters is 1. The number of rotatable bonds is 5. The van der Waals surface area contributed by atoms with Gasteiger partial charge in [0.15, 0.2) is 10.9 Å². The molecule has 0 spiro atoms. The highest BCUT2D eigenvalue weighted by Gasteiger charge is 2.49. The first-order valence-corrected chi connectivity index (χ1v) is 12.5. The van der Waals surface area contributed by atoms with Gasteiger partial charge in [0.05, 0.1) is 29.6 Å². The Balaban J connectivity index is 1.74. The SMILES string of the molecule is CCOC(=O)c1sc(N2C(=O)C(=O)C(=C(O)c3c(C)nc4ccccn34)C2c2ccc(C)cc2)nc1C. The number of aliphatic hydroxyl groups excluding tert-OH is 1. The van der Waals surface area contributed by atoms with Crippen molar-refractivity contribution in [1.29, 1.82) is 0 Å². The second-order valence-corrected chi connectivity index (χ2v) is 9.66. The van der Waals surface area contributed by atoms with Crippen molar-refractivity contribution < 1.29 is 24.2 Å². The van der Waals surface area contributed by atoms with E-state index in [4.69, 9.17) is 4.74 Å². The fourth-order valence-electron chi connectivity index (χ4n) is 4.49. The molecule has 1 aliphatic heterocycles. The number of fused-ring (bicyclic) bond motifs is 1. The summed E-state index contributed by atoms with van der Waals surface area (Å²) in [7, 11) is 0. The maximum absolute atomic E-state index is 13.5. The second-order valence-electron chi connectivity index (χ2n) is 8.69. The van der Waals surface area contributed by atoms with Crippen molar-refractivity contribution in [2.75, 3.05) is 11.5 Å². The molecule has 1 amide bonds. The summed E-state index contributed by atoms with van der Waals surface area (Å²) < 4.78 is 6.80. The summed E-state index contributed by atoms with van der Waals surface area (Å²) in [5.41, 5.74) is 3.35. The summed E-state index contributed by atoms with van der Waals surface area (Å²) in [6.45, 7) is 7.20. The third kappa shape index (κ3) is 3.99. The first-order chi connectivity index (χ1) is 17.7. The lowest BCUT2D eigenvalue weighted by Gasteiger charge is -2.23. The summed E-state index contributed by atoms with van der Waals surface area (Å²) in [4.78, 5) is 49.8. The maximum Gasteiger partial charge on any atom is 0.350 e. The Hall–Kier alpha value is -4.31. The van der Waals surface area contributed by atoms with Crippen LogP contribution in [0.2, 0.25) is 0 Å². The number of aryl methyl sites for hydroxylation is 3. The average Bonchev–Trinajstić information content (AvgIpc) is 3.50. The number of carbonyl (C=O) groups excluding carboxylic acids is 3. The largest absolute Gasteiger partial charge is 0.505 e. The number of hydrogen-bond donors (Lipinski definition) is 1. The number of aliphatic hydroxyl groups is 1. The number of Topliss-reactive ketones (excluding diaryl/α,β-unsaturated/α-hetero) is 1. The van der Waals surface area contributed by atoms with Gasteiger partial charge in [-0.25, -0.2) is 14.8 Å². The fourth-order valence-corrected chi connectivity index (χ4v) is 5.48. The van der Waals surface area contributed by atoms with E-state index in [2.05, 4.69) is 9.97 Å². The Kier molecular flexibility index (Phi) is 6.12. The summed E-state index contributed by atoms with van der Waals surface area (Å²) in [5, 5.41) is 11.7. The fraction of sp³-hybridized carbons (Fsp3) is 0.222. The maximum atomic E-state index is 13.5. The van der Waals surface area contributed by atoms with Crippen LogP contribution in [0.3, 0.4) is 0 Å². The molecule has 188 valence electrons. The monoisotopic (exact) mass is 516 g/mol. The van der Waals surface area contributed by atoms with Gasteiger partial charge in [-0.15, -0.1) is 0 Å². The van der Waals surface area contributed by atoms with E-state index in [0.29, 0.717) is 28.3 Å². The molecular formula is C27H24N4O5S. The standard InChI is InChI=1S/C27H24N4O5S/c1-5-36-26(35)24-16(4)29-27(37-24)31-21(17-11-9-14(2)10-12-17)19(23(33)25(31)34)22(32)20-15(3)28-18-8-6-7-13-30(18)20/h6-13,21,32H,5H2,1-4H3. The number of benzene rings is 1. The highest BCUT2D eigenvalue weighted by molar-refractivity contribution is 7.17. The molecule has 1 fully saturated rings. The molecular weight excluding hydrogens is 492 g/mol. The molecule has 1 aliphatic rings. The van der Waals surface area contributed by atoms with Crippen LogP contribution in [0.4, 0.5) is 5.13 Å². The van der Waals surface area contributed by atoms with Crippen molar-refractivity contribution in [2.45, 2.75) is 33.7 Å². The van der Waals surface area contributed by atoms with Gasteiger partial charge < -0.3 is 9.84 Å². The van der Waals surface area contributed by atoms with Gasteiger partial charge in [0.1, 0.15) is 16.2 Å². The van der Waals surface area contributed by atoms with Crippen LogP contribution < -0.4 is 4.90 Å². The van der Waals surface area contributed by atoms with Crippen LogP contribution >= 0.6 is 11.3 Å². The first-order valence-electron chi connectivity index (χ1n) is 11.7. The van der Waals surface area contributed by atoms with Crippen molar-refractivity contribution >= 4 is 45.5 Å². The molecule has 0 aliphatic carbocycles. The van der Waals surface area contributed by atoms with Crippen LogP contribution in [-0.4, -0.2) is 43.7 Å². The summed E-state index contributed by atoms with van der Waals surface area (Å²) >= 11 is 0.975. The average molecular weight is 517 g/mol. The lowest BCUT2D eigenvalue weighted by Crippen LogP contribution is -2.29. The van der Waals surface area contributed by atoms with Gasteiger partial charge in [0.2, 0.25) is 0 Å². The molecule has 1 unspecified atom stereocenters. The van der Waals surface area contributed by atoms with E-state index in [1.165, 1.54) is 4.90 Å². The lowest BCUT2D eigenvalue weighted by atomic mass is 9.96. The van der Waals surface area contributed by atoms with E-state index in [9.17, 15) is 19.5 Å². The molecule has 0 saturated carbocycles. The highest BCUT2D eigenvalue weighted by Crippen LogP contribution is 2.44. The van der Waals surface area contributed by atoms with Crippen LogP contribution in [0.5, 0.6) is 0 Å². The molecule has 5 rings (SSSR count). The molecule has 4 aromatic rings. The van der Waals surface area contributed by atoms with E-state index in [1.54, 1.807) is 55.6 Å². The molecule has 1 saturated heterocycles. The number of thiazole rings is 1. The van der Waals surface area contributed by atoms with Crippen LogP contribution in [0, 0.1) is 20.8 Å². The van der Waals surface area contributed by atoms with Gasteiger partial charge in [-0.3, -0.25) is 18.9 Å². The molecule has 1 N–H and O–H groups in total. The van der Waals surface area contributed by atoms with Crippen LogP contribution in [0.25, 0.3) is 11.4 Å². The van der Waals surface area contributed by atoms with Crippen LogP contribution in [-0.2, 0) is 14.3 Å². The van der Waals surface area contributed by atoms with Crippen molar-refractivity contribution in [3.8, 4) is 0 Å². The number of amides is 1. The zero-order valence-corrected chi connectivity index (χ0v) is 21.5. The minimum atomic E-state index is -0.963. The van der Waals surface area contributed by atoms with E-state index in [1.807, 2.05) is 25.1 Å². The Morgan fingerprint density at radius 3 is 2.49 bits per heavy atom. The number of aromatic nitrogens is 3. The quantitative estimate of drug-likeness (QED) is 0.180. The van der Waals surface area contributed by atoms with Gasteiger partial charge in [0.25, 0.3) is 5.78 Å². The Labute approximate surface area is 216 Å². The normalized spacial score (nSPS) is 17.1. The summed E-state index contributed by atoms with van der Waals surface area (Å²) in [6, 6.07) is 11.8. The van der Waals surface area contributed by atoms with Gasteiger partial charge in [0, 0.05) is 6.20 Å². The number of hydrogen-bond acceptors (Lipinski definition) is 8. The van der Waals surface area contributed by atoms with E-state index >= 15 is 0 Å². The molecule has 1 atom stereocenters. The minimum absolute atomic E-state index is 0.0758. The molecule has 4 heterocycles. The van der Waals surface area contributed by atoms with Gasteiger partial charge in [-0.1, -0.05) is 47.2 Å². The Bertz CT molecular complexity index is 1600. The Morgan fingerprint density at radius 2 is 1.78 bits per heavy atom. The highest BCUT2D eigenvalue weighted by atomic mass is 32.1. The molecule has 1 aromatic carbocycles. The Morgan fingerprint density at radius 1 is 1.05 bits per heavy atom. The van der Waals surface area contributed by atoms with Gasteiger partial charge in [-0.05, 0) is 45.4 Å². The minimum Gasteiger partial charge on any atom is -0.505 e. The van der Waals surface area contributed by atoms with E-state index in [0.717, 1.165) is 16.9 Å². The van der Waals surface area contributed by atoms with Crippen LogP contribution in [0.1, 0.15) is 50.8 Å². The number of carbonyl (C=O) groups is 3. The summed E-state index contributed by atoms with van der Waals surface area (Å²) in [5.74, 6) is -2.57. The van der Waals surface area contributed by atoms with E-state index < -0.39 is 23.7 Å². The van der Waals surface area contributed by atoms with Crippen molar-refractivity contribution in [2.24, 2.45) is 0 Å². The molecule has 9 nitrogen and oxygen atoms in total. The van der Waals surface area contributed by atoms with Crippen LogP contribution in [0.15, 0.2) is 54.2 Å². The molecule has 0 radical (unpaired) electrons. The number of ether oxygens (including phenoxy) is 1. The number of pyridine rings is 1. The van der Waals surface area contributed by atoms with Gasteiger partial charge in [-0.2, -0.15) is 0 Å². The molecule has 0 bridgehead atoms.